The summed E-state index contributed by atoms with van der Waals surface area (Å²) in [5.74, 6) is -0.481. The molecule has 5 atom stereocenters. The summed E-state index contributed by atoms with van der Waals surface area (Å²) in [5, 5.41) is 13.3. The number of nitrogens with two attached hydrogens (primary N) is 1. The number of hydrogen-bond donors (Lipinski definition) is 3. The van der Waals surface area contributed by atoms with E-state index in [1.807, 2.05) is 0 Å². The molecule has 3 aromatic rings. The third kappa shape index (κ3) is 7.52. The number of aliphatic hydroxyl groups excluding tert-OH is 1. The van der Waals surface area contributed by atoms with Gasteiger partial charge in [-0.1, -0.05) is 44.4 Å². The molecule has 0 saturated carbocycles. The van der Waals surface area contributed by atoms with Crippen molar-refractivity contribution in [3.8, 4) is 5.75 Å². The van der Waals surface area contributed by atoms with Crippen LogP contribution in [0.4, 0.5) is 10.2 Å². The number of anilines is 1. The Kier molecular flexibility index (Phi) is 10.0. The zero-order valence-corrected chi connectivity index (χ0v) is 23.2. The van der Waals surface area contributed by atoms with Crippen molar-refractivity contribution in [2.24, 2.45) is 0 Å². The summed E-state index contributed by atoms with van der Waals surface area (Å²) in [4.78, 5) is 23.8. The van der Waals surface area contributed by atoms with E-state index in [0.717, 1.165) is 25.7 Å². The third-order valence-electron chi connectivity index (χ3n) is 6.21. The van der Waals surface area contributed by atoms with E-state index in [0.29, 0.717) is 0 Å². The molecule has 0 radical (unpaired) electrons. The molecule has 3 heterocycles. The maximum Gasteiger partial charge on any atom is 0.459 e. The van der Waals surface area contributed by atoms with E-state index in [1.165, 1.54) is 17.8 Å². The number of nitrogens with one attached hydrogen (secondary N) is 1. The van der Waals surface area contributed by atoms with Gasteiger partial charge in [0.1, 0.15) is 17.9 Å². The monoisotopic (exact) mass is 580 g/mol. The number of esters is 1. The number of aromatic nitrogens is 4. The molecule has 0 aliphatic carbocycles. The number of nitrogen functional groups attached to an aromatic ring is 1. The summed E-state index contributed by atoms with van der Waals surface area (Å²) >= 11 is 0. The zero-order chi connectivity index (χ0) is 28.7. The predicted octanol–water partition coefficient (Wildman–Crippen LogP) is 3.50. The molecule has 13 nitrogen and oxygen atoms in total. The van der Waals surface area contributed by atoms with Gasteiger partial charge in [0.25, 0.3) is 0 Å². The van der Waals surface area contributed by atoms with Crippen molar-refractivity contribution in [2.45, 2.75) is 70.4 Å². The number of nitrogens with zero attached hydrogens (tertiary/aromatic N) is 4. The highest BCUT2D eigenvalue weighted by molar-refractivity contribution is 7.52. The standard InChI is InChI=1S/C25H34FN6O7P/c1-3-4-5-9-12-36-24(34)16(2)31-40(35,39-17-10-7-6-8-11-17)37-14-18-13-19(33)23(38-18)32-15-28-20-21(27)29-25(26)30-22(20)32/h6-8,10-11,15-16,18-19,23,33H,3-5,9,12-14H2,1-2H3,(H,31,35)(H2,27,29,30)/t16-,18-,19+,23+,40?/m0/s1. The second kappa shape index (κ2) is 13.5. The number of fused-ring (bicyclic) bond motifs is 1. The average molecular weight is 581 g/mol. The number of carbonyl (C=O) groups is 1. The van der Waals surface area contributed by atoms with Gasteiger partial charge in [0.05, 0.1) is 25.6 Å². The predicted molar refractivity (Wildman–Crippen MR) is 143 cm³/mol. The van der Waals surface area contributed by atoms with E-state index in [-0.39, 0.29) is 42.4 Å². The molecule has 4 N–H and O–H groups in total. The highest BCUT2D eigenvalue weighted by Crippen LogP contribution is 2.46. The molecule has 218 valence electrons. The van der Waals surface area contributed by atoms with E-state index in [9.17, 15) is 18.9 Å². The fourth-order valence-corrected chi connectivity index (χ4v) is 5.71. The summed E-state index contributed by atoms with van der Waals surface area (Å²) in [6.45, 7) is 3.59. The molecule has 40 heavy (non-hydrogen) atoms. The number of ether oxygens (including phenoxy) is 2. The fourth-order valence-electron chi connectivity index (χ4n) is 4.19. The molecule has 1 saturated heterocycles. The minimum absolute atomic E-state index is 0.0531. The Hall–Kier alpha value is -3.16. The second-order valence-corrected chi connectivity index (χ2v) is 11.1. The first-order chi connectivity index (χ1) is 19.2. The molecule has 1 aliphatic rings. The highest BCUT2D eigenvalue weighted by Gasteiger charge is 2.39. The van der Waals surface area contributed by atoms with Crippen LogP contribution in [-0.4, -0.2) is 62.1 Å². The van der Waals surface area contributed by atoms with Gasteiger partial charge in [-0.3, -0.25) is 13.9 Å². The fraction of sp³-hybridized carbons (Fsp3) is 0.520. The first kappa shape index (κ1) is 29.8. The van der Waals surface area contributed by atoms with Gasteiger partial charge in [-0.25, -0.2) is 9.55 Å². The summed E-state index contributed by atoms with van der Waals surface area (Å²) < 4.78 is 51.4. The minimum atomic E-state index is -4.12. The summed E-state index contributed by atoms with van der Waals surface area (Å²) in [6.07, 6.45) is 1.38. The van der Waals surface area contributed by atoms with Gasteiger partial charge in [0, 0.05) is 6.42 Å². The van der Waals surface area contributed by atoms with Gasteiger partial charge in [-0.2, -0.15) is 19.4 Å². The van der Waals surface area contributed by atoms with Crippen LogP contribution < -0.4 is 15.3 Å². The van der Waals surface area contributed by atoms with E-state index in [2.05, 4.69) is 27.0 Å². The van der Waals surface area contributed by atoms with Crippen molar-refractivity contribution in [1.82, 2.24) is 24.6 Å². The van der Waals surface area contributed by atoms with Crippen molar-refractivity contribution in [3.05, 3.63) is 42.7 Å². The van der Waals surface area contributed by atoms with Crippen LogP contribution >= 0.6 is 7.75 Å². The lowest BCUT2D eigenvalue weighted by Crippen LogP contribution is -2.35. The molecule has 2 aromatic heterocycles. The number of hydrogen-bond acceptors (Lipinski definition) is 11. The second-order valence-electron chi connectivity index (χ2n) is 9.43. The number of rotatable bonds is 14. The summed E-state index contributed by atoms with van der Waals surface area (Å²) in [7, 11) is -4.12. The van der Waals surface area contributed by atoms with Gasteiger partial charge in [-0.05, 0) is 25.5 Å². The van der Waals surface area contributed by atoms with E-state index < -0.39 is 44.3 Å². The molecule has 0 amide bonds. The maximum atomic E-state index is 13.8. The lowest BCUT2D eigenvalue weighted by atomic mass is 10.2. The van der Waals surface area contributed by atoms with Crippen molar-refractivity contribution in [1.29, 1.82) is 0 Å². The molecule has 15 heteroatoms. The SMILES string of the molecule is CCCCCCOC(=O)[C@H](C)NP(=O)(OC[C@@H]1C[C@@H](O)[C@H](n2cnc3c(N)nc(F)nc32)O1)Oc1ccccc1. The van der Waals surface area contributed by atoms with Crippen LogP contribution in [0.5, 0.6) is 5.75 Å². The largest absolute Gasteiger partial charge is 0.465 e. The molecule has 1 unspecified atom stereocenters. The Morgan fingerprint density at radius 1 is 1.30 bits per heavy atom. The smallest absolute Gasteiger partial charge is 0.459 e. The Morgan fingerprint density at radius 2 is 2.08 bits per heavy atom. The van der Waals surface area contributed by atoms with Crippen molar-refractivity contribution in [3.63, 3.8) is 0 Å². The van der Waals surface area contributed by atoms with Crippen LogP contribution in [0, 0.1) is 6.08 Å². The molecule has 1 aromatic carbocycles. The van der Waals surface area contributed by atoms with E-state index in [4.69, 9.17) is 24.3 Å². The quantitative estimate of drug-likeness (QED) is 0.110. The highest BCUT2D eigenvalue weighted by atomic mass is 31.2. The van der Waals surface area contributed by atoms with Crippen molar-refractivity contribution in [2.75, 3.05) is 18.9 Å². The van der Waals surface area contributed by atoms with Gasteiger partial charge in [0.15, 0.2) is 23.2 Å². The van der Waals surface area contributed by atoms with Crippen LogP contribution in [0.15, 0.2) is 36.7 Å². The first-order valence-electron chi connectivity index (χ1n) is 13.1. The van der Waals surface area contributed by atoms with Crippen LogP contribution in [0.25, 0.3) is 11.2 Å². The number of aliphatic hydroxyl groups is 1. The van der Waals surface area contributed by atoms with Gasteiger partial charge < -0.3 is 24.8 Å². The molecular weight excluding hydrogens is 546 g/mol. The average Bonchev–Trinajstić information content (AvgIpc) is 3.50. The van der Waals surface area contributed by atoms with E-state index in [1.54, 1.807) is 30.3 Å². The number of para-hydroxylation sites is 1. The summed E-state index contributed by atoms with van der Waals surface area (Å²) in [5.41, 5.74) is 5.94. The molecule has 0 bridgehead atoms. The lowest BCUT2D eigenvalue weighted by Gasteiger charge is -2.24. The van der Waals surface area contributed by atoms with Gasteiger partial charge in [-0.15, -0.1) is 0 Å². The van der Waals surface area contributed by atoms with Gasteiger partial charge >= 0.3 is 19.8 Å². The molecule has 1 fully saturated rings. The molecule has 1 aliphatic heterocycles. The van der Waals surface area contributed by atoms with Crippen molar-refractivity contribution < 1.29 is 37.4 Å². The maximum absolute atomic E-state index is 13.8. The number of carbonyl (C=O) groups excluding carboxylic acids is 1. The Balaban J connectivity index is 1.41. The van der Waals surface area contributed by atoms with Crippen LogP contribution in [0.1, 0.15) is 52.2 Å². The van der Waals surface area contributed by atoms with Crippen LogP contribution in [-0.2, 0) is 23.4 Å². The molecule has 0 spiro atoms. The number of unbranched alkanes of at least 4 members (excludes halogenated alkanes) is 3. The topological polar surface area (TPSA) is 173 Å². The van der Waals surface area contributed by atoms with Crippen molar-refractivity contribution >= 4 is 30.7 Å². The number of imidazole rings is 1. The number of halogens is 1. The summed E-state index contributed by atoms with van der Waals surface area (Å²) in [6, 6.07) is 7.35. The Morgan fingerprint density at radius 3 is 2.83 bits per heavy atom. The lowest BCUT2D eigenvalue weighted by molar-refractivity contribution is -0.145. The van der Waals surface area contributed by atoms with Gasteiger partial charge in [0.2, 0.25) is 0 Å². The Labute approximate surface area is 230 Å². The normalized spacial score (nSPS) is 21.2. The molecule has 4 rings (SSSR count). The minimum Gasteiger partial charge on any atom is -0.465 e. The first-order valence-corrected chi connectivity index (χ1v) is 14.7. The molecular formula is C25H34FN6O7P. The third-order valence-corrected chi connectivity index (χ3v) is 7.85. The van der Waals surface area contributed by atoms with Crippen LogP contribution in [0.3, 0.4) is 0 Å². The van der Waals surface area contributed by atoms with Crippen LogP contribution in [0.2, 0.25) is 0 Å². The number of benzene rings is 1. The Bertz CT molecular complexity index is 1330. The zero-order valence-electron chi connectivity index (χ0n) is 22.3. The van der Waals surface area contributed by atoms with E-state index >= 15 is 0 Å².